The number of hydrogen-bond donors (Lipinski definition) is 1. The van der Waals surface area contributed by atoms with Crippen molar-refractivity contribution in [2.45, 2.75) is 13.3 Å². The van der Waals surface area contributed by atoms with Gasteiger partial charge >= 0.3 is 5.69 Å². The summed E-state index contributed by atoms with van der Waals surface area (Å²) in [5, 5.41) is 0.408. The van der Waals surface area contributed by atoms with Crippen molar-refractivity contribution in [1.29, 1.82) is 0 Å². The third-order valence-electron chi connectivity index (χ3n) is 2.59. The van der Waals surface area contributed by atoms with Crippen LogP contribution < -0.4 is 11.2 Å². The van der Waals surface area contributed by atoms with E-state index in [1.165, 1.54) is 0 Å². The standard InChI is InChI=1S/C12H10Cl2N2O2/c1-2-7-10(14)15-12(18)16(11(7)17)9-6-4-3-5-8(9)13/h3-6H,2H2,1H3,(H,15,18). The van der Waals surface area contributed by atoms with Gasteiger partial charge in [0.15, 0.2) is 0 Å². The molecule has 1 aromatic carbocycles. The Hall–Kier alpha value is -1.52. The molecule has 0 unspecified atom stereocenters. The first kappa shape index (κ1) is 12.9. The number of para-hydroxylation sites is 1. The molecule has 2 rings (SSSR count). The Labute approximate surface area is 113 Å². The molecule has 0 saturated heterocycles. The molecule has 1 heterocycles. The zero-order valence-electron chi connectivity index (χ0n) is 9.54. The lowest BCUT2D eigenvalue weighted by Crippen LogP contribution is -2.36. The number of rotatable bonds is 2. The monoisotopic (exact) mass is 284 g/mol. The molecule has 4 nitrogen and oxygen atoms in total. The van der Waals surface area contributed by atoms with Crippen LogP contribution in [0.25, 0.3) is 5.69 Å². The highest BCUT2D eigenvalue weighted by molar-refractivity contribution is 6.32. The van der Waals surface area contributed by atoms with Crippen molar-refractivity contribution < 1.29 is 0 Å². The predicted molar refractivity (Wildman–Crippen MR) is 72.1 cm³/mol. The van der Waals surface area contributed by atoms with E-state index in [0.717, 1.165) is 4.57 Å². The zero-order valence-corrected chi connectivity index (χ0v) is 11.0. The van der Waals surface area contributed by atoms with E-state index >= 15 is 0 Å². The van der Waals surface area contributed by atoms with Gasteiger partial charge in [0, 0.05) is 0 Å². The van der Waals surface area contributed by atoms with Gasteiger partial charge in [-0.2, -0.15) is 0 Å². The highest BCUT2D eigenvalue weighted by Gasteiger charge is 2.14. The van der Waals surface area contributed by atoms with Crippen LogP contribution >= 0.6 is 23.2 Å². The summed E-state index contributed by atoms with van der Waals surface area (Å²) >= 11 is 11.8. The quantitative estimate of drug-likeness (QED) is 0.861. The van der Waals surface area contributed by atoms with Crippen molar-refractivity contribution in [2.24, 2.45) is 0 Å². The third-order valence-corrected chi connectivity index (χ3v) is 3.24. The Kier molecular flexibility index (Phi) is 3.59. The van der Waals surface area contributed by atoms with E-state index in [-0.39, 0.29) is 5.15 Å². The molecule has 0 atom stereocenters. The second kappa shape index (κ2) is 5.00. The average Bonchev–Trinajstić information content (AvgIpc) is 2.31. The molecule has 2 aromatic rings. The van der Waals surface area contributed by atoms with Gasteiger partial charge in [0.25, 0.3) is 5.56 Å². The minimum atomic E-state index is -0.602. The van der Waals surface area contributed by atoms with Crippen LogP contribution in [0.3, 0.4) is 0 Å². The number of H-pyrrole nitrogens is 1. The summed E-state index contributed by atoms with van der Waals surface area (Å²) in [5.41, 5.74) is -0.345. The van der Waals surface area contributed by atoms with Crippen molar-refractivity contribution in [3.63, 3.8) is 0 Å². The number of nitrogens with one attached hydrogen (secondary N) is 1. The predicted octanol–water partition coefficient (Wildman–Crippen LogP) is 2.40. The van der Waals surface area contributed by atoms with Gasteiger partial charge in [0.1, 0.15) is 5.15 Å². The van der Waals surface area contributed by atoms with Gasteiger partial charge in [0.2, 0.25) is 0 Å². The van der Waals surface area contributed by atoms with Gasteiger partial charge < -0.3 is 0 Å². The maximum Gasteiger partial charge on any atom is 0.334 e. The van der Waals surface area contributed by atoms with E-state index in [2.05, 4.69) is 4.98 Å². The van der Waals surface area contributed by atoms with Crippen LogP contribution in [0, 0.1) is 0 Å². The molecular weight excluding hydrogens is 275 g/mol. The lowest BCUT2D eigenvalue weighted by atomic mass is 10.2. The Bertz CT molecular complexity index is 704. The Morgan fingerprint density at radius 3 is 2.50 bits per heavy atom. The van der Waals surface area contributed by atoms with Crippen molar-refractivity contribution in [3.05, 3.63) is 60.8 Å². The smallest absolute Gasteiger partial charge is 0.297 e. The van der Waals surface area contributed by atoms with Gasteiger partial charge in [-0.15, -0.1) is 0 Å². The third kappa shape index (κ3) is 2.09. The normalized spacial score (nSPS) is 10.6. The molecule has 0 aliphatic carbocycles. The van der Waals surface area contributed by atoms with Gasteiger partial charge in [-0.25, -0.2) is 9.36 Å². The lowest BCUT2D eigenvalue weighted by molar-refractivity contribution is 0.842. The summed E-state index contributed by atoms with van der Waals surface area (Å²) in [6, 6.07) is 6.64. The van der Waals surface area contributed by atoms with Crippen LogP contribution in [-0.2, 0) is 6.42 Å². The van der Waals surface area contributed by atoms with Crippen LogP contribution in [0.5, 0.6) is 0 Å². The molecule has 6 heteroatoms. The summed E-state index contributed by atoms with van der Waals surface area (Å²) in [6.45, 7) is 1.79. The summed E-state index contributed by atoms with van der Waals surface area (Å²) in [5.74, 6) is 0. The van der Waals surface area contributed by atoms with Crippen LogP contribution in [0.1, 0.15) is 12.5 Å². The minimum Gasteiger partial charge on any atom is -0.297 e. The van der Waals surface area contributed by atoms with Crippen molar-refractivity contribution in [1.82, 2.24) is 9.55 Å². The Morgan fingerprint density at radius 2 is 1.89 bits per heavy atom. The molecule has 0 amide bonds. The Balaban J connectivity index is 2.85. The molecule has 0 spiro atoms. The highest BCUT2D eigenvalue weighted by Crippen LogP contribution is 2.17. The van der Waals surface area contributed by atoms with E-state index < -0.39 is 11.2 Å². The number of nitrogens with zero attached hydrogens (tertiary/aromatic N) is 1. The molecular formula is C12H10Cl2N2O2. The van der Waals surface area contributed by atoms with E-state index in [4.69, 9.17) is 23.2 Å². The number of aromatic nitrogens is 2. The molecule has 0 aliphatic heterocycles. The van der Waals surface area contributed by atoms with Crippen LogP contribution in [-0.4, -0.2) is 9.55 Å². The van der Waals surface area contributed by atoms with Gasteiger partial charge in [-0.3, -0.25) is 9.78 Å². The van der Waals surface area contributed by atoms with Crippen molar-refractivity contribution in [3.8, 4) is 5.69 Å². The molecule has 0 aliphatic rings. The molecule has 0 radical (unpaired) electrons. The van der Waals surface area contributed by atoms with E-state index in [1.807, 2.05) is 0 Å². The van der Waals surface area contributed by atoms with Gasteiger partial charge in [-0.05, 0) is 18.6 Å². The van der Waals surface area contributed by atoms with E-state index in [0.29, 0.717) is 22.7 Å². The molecule has 18 heavy (non-hydrogen) atoms. The molecule has 0 saturated carbocycles. The van der Waals surface area contributed by atoms with Crippen molar-refractivity contribution in [2.75, 3.05) is 0 Å². The largest absolute Gasteiger partial charge is 0.334 e. The fraction of sp³-hybridized carbons (Fsp3) is 0.167. The fourth-order valence-electron chi connectivity index (χ4n) is 1.70. The lowest BCUT2D eigenvalue weighted by Gasteiger charge is -2.09. The number of aromatic amines is 1. The zero-order chi connectivity index (χ0) is 13.3. The summed E-state index contributed by atoms with van der Waals surface area (Å²) in [6.07, 6.45) is 0.429. The fourth-order valence-corrected chi connectivity index (χ4v) is 2.22. The first-order valence-electron chi connectivity index (χ1n) is 5.35. The van der Waals surface area contributed by atoms with E-state index in [1.54, 1.807) is 31.2 Å². The molecule has 1 aromatic heterocycles. The second-order valence-electron chi connectivity index (χ2n) is 3.67. The highest BCUT2D eigenvalue weighted by atomic mass is 35.5. The molecule has 1 N–H and O–H groups in total. The molecule has 0 fully saturated rings. The van der Waals surface area contributed by atoms with E-state index in [9.17, 15) is 9.59 Å². The SMILES string of the molecule is CCc1c(Cl)[nH]c(=O)n(-c2ccccc2Cl)c1=O. The Morgan fingerprint density at radius 1 is 1.22 bits per heavy atom. The summed E-state index contributed by atoms with van der Waals surface area (Å²) in [4.78, 5) is 26.5. The van der Waals surface area contributed by atoms with Crippen LogP contribution in [0.2, 0.25) is 10.2 Å². The maximum atomic E-state index is 12.2. The van der Waals surface area contributed by atoms with Crippen LogP contribution in [0.4, 0.5) is 0 Å². The van der Waals surface area contributed by atoms with Gasteiger partial charge in [0.05, 0.1) is 16.3 Å². The average molecular weight is 285 g/mol. The van der Waals surface area contributed by atoms with Gasteiger partial charge in [-0.1, -0.05) is 42.3 Å². The first-order valence-corrected chi connectivity index (χ1v) is 6.10. The number of halogens is 2. The second-order valence-corrected chi connectivity index (χ2v) is 4.45. The van der Waals surface area contributed by atoms with Crippen molar-refractivity contribution >= 4 is 23.2 Å². The van der Waals surface area contributed by atoms with Crippen LogP contribution in [0.15, 0.2) is 33.9 Å². The summed E-state index contributed by atoms with van der Waals surface area (Å²) < 4.78 is 0.993. The minimum absolute atomic E-state index is 0.0794. The maximum absolute atomic E-state index is 12.2. The molecule has 0 bridgehead atoms. The summed E-state index contributed by atoms with van der Waals surface area (Å²) in [7, 11) is 0. The first-order chi connectivity index (χ1) is 8.56. The topological polar surface area (TPSA) is 54.9 Å². The molecule has 94 valence electrons. The number of hydrogen-bond acceptors (Lipinski definition) is 2. The number of benzene rings is 1.